The Labute approximate surface area is 111 Å². The summed E-state index contributed by atoms with van der Waals surface area (Å²) in [5.41, 5.74) is 2.47. The van der Waals surface area contributed by atoms with E-state index in [1.807, 2.05) is 0 Å². The average Bonchev–Trinajstić information content (AvgIpc) is 2.29. The van der Waals surface area contributed by atoms with Gasteiger partial charge in [0, 0.05) is 6.42 Å². The molecule has 0 saturated heterocycles. The Hall–Kier alpha value is -1.67. The standard InChI is InChI=1S/C11H20N2O6/c1-6(2)9(13-19-3)10(16)12-7(11(17)18)4-5-8(14)15/h6-7,9,13H,4-5H2,1-3H3,(H,12,16)(H,14,15)(H,17,18). The molecule has 0 aliphatic carbocycles. The molecule has 2 unspecified atom stereocenters. The van der Waals surface area contributed by atoms with Crippen LogP contribution in [0.15, 0.2) is 0 Å². The van der Waals surface area contributed by atoms with Crippen molar-refractivity contribution in [3.05, 3.63) is 0 Å². The molecule has 1 amide bonds. The van der Waals surface area contributed by atoms with Gasteiger partial charge in [-0.05, 0) is 12.3 Å². The SMILES string of the molecule is CONC(C(=O)NC(CCC(=O)O)C(=O)O)C(C)C. The average molecular weight is 276 g/mol. The van der Waals surface area contributed by atoms with Crippen molar-refractivity contribution in [2.24, 2.45) is 5.92 Å². The van der Waals surface area contributed by atoms with E-state index in [0.717, 1.165) is 0 Å². The number of hydrogen-bond donors (Lipinski definition) is 4. The van der Waals surface area contributed by atoms with Crippen LogP contribution in [0.4, 0.5) is 0 Å². The highest BCUT2D eigenvalue weighted by molar-refractivity contribution is 5.87. The second-order valence-electron chi connectivity index (χ2n) is 4.38. The maximum Gasteiger partial charge on any atom is 0.326 e. The van der Waals surface area contributed by atoms with Gasteiger partial charge in [-0.15, -0.1) is 0 Å². The van der Waals surface area contributed by atoms with Crippen LogP contribution in [0.2, 0.25) is 0 Å². The number of aliphatic carboxylic acids is 2. The van der Waals surface area contributed by atoms with Crippen LogP contribution in [0.1, 0.15) is 26.7 Å². The molecule has 0 radical (unpaired) electrons. The van der Waals surface area contributed by atoms with E-state index in [4.69, 9.17) is 10.2 Å². The van der Waals surface area contributed by atoms with Crippen LogP contribution in [0.25, 0.3) is 0 Å². The second-order valence-corrected chi connectivity index (χ2v) is 4.38. The Morgan fingerprint density at radius 1 is 1.21 bits per heavy atom. The highest BCUT2D eigenvalue weighted by Crippen LogP contribution is 2.04. The predicted octanol–water partition coefficient (Wildman–Crippen LogP) is -0.404. The van der Waals surface area contributed by atoms with Crippen molar-refractivity contribution in [2.45, 2.75) is 38.8 Å². The van der Waals surface area contributed by atoms with Gasteiger partial charge < -0.3 is 20.4 Å². The van der Waals surface area contributed by atoms with Crippen molar-refractivity contribution in [3.8, 4) is 0 Å². The molecule has 0 aromatic rings. The van der Waals surface area contributed by atoms with E-state index in [1.165, 1.54) is 7.11 Å². The molecule has 0 aromatic heterocycles. The van der Waals surface area contributed by atoms with Gasteiger partial charge in [0.25, 0.3) is 0 Å². The molecule has 0 bridgehead atoms. The Morgan fingerprint density at radius 3 is 2.16 bits per heavy atom. The maximum atomic E-state index is 11.9. The van der Waals surface area contributed by atoms with E-state index in [9.17, 15) is 14.4 Å². The van der Waals surface area contributed by atoms with Crippen LogP contribution in [0.3, 0.4) is 0 Å². The molecule has 2 atom stereocenters. The lowest BCUT2D eigenvalue weighted by atomic mass is 10.0. The molecule has 0 aliphatic heterocycles. The van der Waals surface area contributed by atoms with E-state index < -0.39 is 29.9 Å². The first kappa shape index (κ1) is 17.3. The molecule has 110 valence electrons. The van der Waals surface area contributed by atoms with Gasteiger partial charge in [0.2, 0.25) is 5.91 Å². The number of rotatable bonds is 9. The number of carboxylic acids is 2. The van der Waals surface area contributed by atoms with Crippen LogP contribution < -0.4 is 10.8 Å². The summed E-state index contributed by atoms with van der Waals surface area (Å²) >= 11 is 0. The summed E-state index contributed by atoms with van der Waals surface area (Å²) in [6, 6.07) is -1.94. The van der Waals surface area contributed by atoms with Crippen molar-refractivity contribution in [2.75, 3.05) is 7.11 Å². The zero-order valence-corrected chi connectivity index (χ0v) is 11.2. The predicted molar refractivity (Wildman–Crippen MR) is 65.2 cm³/mol. The minimum absolute atomic E-state index is 0.117. The molecule has 0 rings (SSSR count). The molecule has 8 heteroatoms. The number of amides is 1. The first-order valence-electron chi connectivity index (χ1n) is 5.83. The summed E-state index contributed by atoms with van der Waals surface area (Å²) in [6.07, 6.45) is -0.504. The highest BCUT2D eigenvalue weighted by Gasteiger charge is 2.27. The molecule has 8 nitrogen and oxygen atoms in total. The minimum atomic E-state index is -1.27. The molecule has 4 N–H and O–H groups in total. The van der Waals surface area contributed by atoms with Gasteiger partial charge in [-0.3, -0.25) is 9.59 Å². The van der Waals surface area contributed by atoms with Gasteiger partial charge in [0.1, 0.15) is 12.1 Å². The fourth-order valence-electron chi connectivity index (χ4n) is 1.41. The number of nitrogens with one attached hydrogen (secondary N) is 2. The monoisotopic (exact) mass is 276 g/mol. The molecule has 0 aliphatic rings. The van der Waals surface area contributed by atoms with Crippen molar-refractivity contribution < 1.29 is 29.4 Å². The summed E-state index contributed by atoms with van der Waals surface area (Å²) < 4.78 is 0. The molecule has 0 spiro atoms. The Balaban J connectivity index is 4.59. The third-order valence-corrected chi connectivity index (χ3v) is 2.46. The number of hydrogen-bond acceptors (Lipinski definition) is 5. The van der Waals surface area contributed by atoms with Gasteiger partial charge in [0.05, 0.1) is 7.11 Å². The topological polar surface area (TPSA) is 125 Å². The van der Waals surface area contributed by atoms with Crippen LogP contribution in [0, 0.1) is 5.92 Å². The van der Waals surface area contributed by atoms with E-state index in [-0.39, 0.29) is 18.8 Å². The number of carbonyl (C=O) groups is 3. The Bertz CT molecular complexity index is 331. The first-order valence-corrected chi connectivity index (χ1v) is 5.83. The zero-order valence-electron chi connectivity index (χ0n) is 11.2. The van der Waals surface area contributed by atoms with E-state index in [2.05, 4.69) is 15.6 Å². The van der Waals surface area contributed by atoms with E-state index >= 15 is 0 Å². The van der Waals surface area contributed by atoms with Gasteiger partial charge >= 0.3 is 11.9 Å². The van der Waals surface area contributed by atoms with Gasteiger partial charge in [-0.1, -0.05) is 13.8 Å². The lowest BCUT2D eigenvalue weighted by Crippen LogP contribution is -2.52. The summed E-state index contributed by atoms with van der Waals surface area (Å²) in [5.74, 6) is -3.05. The third-order valence-electron chi connectivity index (χ3n) is 2.46. The largest absolute Gasteiger partial charge is 0.481 e. The molecule has 0 saturated carbocycles. The van der Waals surface area contributed by atoms with Crippen molar-refractivity contribution in [1.82, 2.24) is 10.8 Å². The molecule has 0 aromatic carbocycles. The first-order chi connectivity index (χ1) is 8.79. The van der Waals surface area contributed by atoms with E-state index in [0.29, 0.717) is 0 Å². The second kappa shape index (κ2) is 8.44. The van der Waals surface area contributed by atoms with Crippen LogP contribution in [-0.4, -0.2) is 47.3 Å². The summed E-state index contributed by atoms with van der Waals surface area (Å²) in [4.78, 5) is 37.9. The Kier molecular flexibility index (Phi) is 7.69. The van der Waals surface area contributed by atoms with Gasteiger partial charge in [-0.2, -0.15) is 5.48 Å². The lowest BCUT2D eigenvalue weighted by molar-refractivity contribution is -0.144. The fraction of sp³-hybridized carbons (Fsp3) is 0.727. The van der Waals surface area contributed by atoms with Crippen molar-refractivity contribution in [1.29, 1.82) is 0 Å². The molecular weight excluding hydrogens is 256 g/mol. The van der Waals surface area contributed by atoms with Gasteiger partial charge in [0.15, 0.2) is 0 Å². The number of hydroxylamine groups is 1. The number of carboxylic acid groups (broad SMARTS) is 2. The minimum Gasteiger partial charge on any atom is -0.481 e. The zero-order chi connectivity index (χ0) is 15.0. The van der Waals surface area contributed by atoms with Gasteiger partial charge in [-0.25, -0.2) is 4.79 Å². The van der Waals surface area contributed by atoms with Crippen molar-refractivity contribution >= 4 is 17.8 Å². The van der Waals surface area contributed by atoms with E-state index in [1.54, 1.807) is 13.8 Å². The Morgan fingerprint density at radius 2 is 1.79 bits per heavy atom. The molecular formula is C11H20N2O6. The quantitative estimate of drug-likeness (QED) is 0.422. The maximum absolute atomic E-state index is 11.9. The number of carbonyl (C=O) groups excluding carboxylic acids is 1. The summed E-state index contributed by atoms with van der Waals surface area (Å²) in [7, 11) is 1.35. The summed E-state index contributed by atoms with van der Waals surface area (Å²) in [6.45, 7) is 3.53. The van der Waals surface area contributed by atoms with Crippen LogP contribution in [0.5, 0.6) is 0 Å². The third kappa shape index (κ3) is 6.73. The van der Waals surface area contributed by atoms with Crippen LogP contribution in [-0.2, 0) is 19.2 Å². The lowest BCUT2D eigenvalue weighted by Gasteiger charge is -2.22. The normalized spacial score (nSPS) is 13.9. The molecule has 0 heterocycles. The van der Waals surface area contributed by atoms with Crippen molar-refractivity contribution in [3.63, 3.8) is 0 Å². The highest BCUT2D eigenvalue weighted by atomic mass is 16.6. The summed E-state index contributed by atoms with van der Waals surface area (Å²) in [5, 5.41) is 19.7. The smallest absolute Gasteiger partial charge is 0.326 e. The van der Waals surface area contributed by atoms with Crippen LogP contribution >= 0.6 is 0 Å². The molecule has 0 fully saturated rings. The molecule has 19 heavy (non-hydrogen) atoms. The fourth-order valence-corrected chi connectivity index (χ4v) is 1.41.